The Morgan fingerprint density at radius 2 is 1.87 bits per heavy atom. The van der Waals surface area contributed by atoms with Gasteiger partial charge in [-0.15, -0.1) is 0 Å². The summed E-state index contributed by atoms with van der Waals surface area (Å²) in [5.74, 6) is 0.592. The van der Waals surface area contributed by atoms with Crippen molar-refractivity contribution in [2.24, 2.45) is 5.10 Å². The lowest BCUT2D eigenvalue weighted by Gasteiger charge is -2.13. The SMILES string of the molecule is COc1cc(/C=N\NC(=O)c2cccc(C)c2)cc(Cl)c1OCc1ccc(Cl)cc1. The third-order valence-corrected chi connectivity index (χ3v) is 4.74. The average Bonchev–Trinajstić information content (AvgIpc) is 2.73. The van der Waals surface area contributed by atoms with Crippen molar-refractivity contribution < 1.29 is 14.3 Å². The number of carbonyl (C=O) groups is 1. The maximum absolute atomic E-state index is 12.2. The van der Waals surface area contributed by atoms with Crippen LogP contribution in [-0.4, -0.2) is 19.2 Å². The number of methoxy groups -OCH3 is 1. The summed E-state index contributed by atoms with van der Waals surface area (Å²) < 4.78 is 11.2. The van der Waals surface area contributed by atoms with Gasteiger partial charge in [-0.2, -0.15) is 5.10 Å². The van der Waals surface area contributed by atoms with Crippen LogP contribution in [0.4, 0.5) is 0 Å². The molecule has 0 bridgehead atoms. The predicted octanol–water partition coefficient (Wildman–Crippen LogP) is 5.65. The number of aryl methyl sites for hydroxylation is 1. The van der Waals surface area contributed by atoms with Crippen LogP contribution in [0.25, 0.3) is 0 Å². The molecule has 0 aliphatic rings. The zero-order valence-corrected chi connectivity index (χ0v) is 18.0. The molecule has 0 spiro atoms. The second kappa shape index (κ2) is 10.1. The molecule has 0 fully saturated rings. The van der Waals surface area contributed by atoms with Crippen LogP contribution in [0.5, 0.6) is 11.5 Å². The minimum atomic E-state index is -0.295. The summed E-state index contributed by atoms with van der Waals surface area (Å²) in [6.07, 6.45) is 1.49. The molecule has 154 valence electrons. The molecule has 0 aliphatic carbocycles. The van der Waals surface area contributed by atoms with Crippen LogP contribution in [-0.2, 0) is 6.61 Å². The number of hydrazone groups is 1. The maximum atomic E-state index is 12.2. The van der Waals surface area contributed by atoms with Gasteiger partial charge in [0.1, 0.15) is 6.61 Å². The summed E-state index contributed by atoms with van der Waals surface area (Å²) in [5.41, 5.74) is 5.63. The second-order valence-electron chi connectivity index (χ2n) is 6.52. The highest BCUT2D eigenvalue weighted by Gasteiger charge is 2.12. The summed E-state index contributed by atoms with van der Waals surface area (Å²) in [4.78, 5) is 12.2. The Morgan fingerprint density at radius 1 is 1.10 bits per heavy atom. The van der Waals surface area contributed by atoms with Crippen molar-refractivity contribution in [3.05, 3.63) is 93.0 Å². The van der Waals surface area contributed by atoms with Crippen LogP contribution in [0.2, 0.25) is 10.0 Å². The topological polar surface area (TPSA) is 59.9 Å². The van der Waals surface area contributed by atoms with Crippen LogP contribution in [0, 0.1) is 6.92 Å². The molecular formula is C23H20Cl2N2O3. The molecule has 0 saturated carbocycles. The lowest BCUT2D eigenvalue weighted by Crippen LogP contribution is -2.17. The van der Waals surface area contributed by atoms with Crippen molar-refractivity contribution in [1.82, 2.24) is 5.43 Å². The monoisotopic (exact) mass is 442 g/mol. The van der Waals surface area contributed by atoms with Gasteiger partial charge in [0.2, 0.25) is 0 Å². The summed E-state index contributed by atoms with van der Waals surface area (Å²) in [5, 5.41) is 5.03. The number of amides is 1. The Hall–Kier alpha value is -3.02. The molecule has 0 saturated heterocycles. The first-order valence-electron chi connectivity index (χ1n) is 9.11. The Kier molecular flexibility index (Phi) is 7.33. The number of benzene rings is 3. The Labute approximate surface area is 185 Å². The lowest BCUT2D eigenvalue weighted by molar-refractivity contribution is 0.0955. The summed E-state index contributed by atoms with van der Waals surface area (Å²) in [6, 6.07) is 18.0. The predicted molar refractivity (Wildman–Crippen MR) is 120 cm³/mol. The van der Waals surface area contributed by atoms with Gasteiger partial charge in [-0.05, 0) is 54.4 Å². The fourth-order valence-electron chi connectivity index (χ4n) is 2.71. The molecular weight excluding hydrogens is 423 g/mol. The number of carbonyl (C=O) groups excluding carboxylic acids is 1. The van der Waals surface area contributed by atoms with E-state index in [2.05, 4.69) is 10.5 Å². The fourth-order valence-corrected chi connectivity index (χ4v) is 3.11. The van der Waals surface area contributed by atoms with Gasteiger partial charge in [0, 0.05) is 10.6 Å². The van der Waals surface area contributed by atoms with Crippen molar-refractivity contribution in [2.45, 2.75) is 13.5 Å². The standard InChI is InChI=1S/C23H20Cl2N2O3/c1-15-4-3-5-18(10-15)23(28)27-26-13-17-11-20(25)22(21(12-17)29-2)30-14-16-6-8-19(24)9-7-16/h3-13H,14H2,1-2H3,(H,27,28)/b26-13-. The summed E-state index contributed by atoms with van der Waals surface area (Å²) >= 11 is 12.3. The number of nitrogens with one attached hydrogen (secondary N) is 1. The normalized spacial score (nSPS) is 10.8. The molecule has 3 aromatic carbocycles. The zero-order valence-electron chi connectivity index (χ0n) is 16.5. The van der Waals surface area contributed by atoms with Crippen molar-refractivity contribution in [3.8, 4) is 11.5 Å². The fraction of sp³-hybridized carbons (Fsp3) is 0.130. The van der Waals surface area contributed by atoms with E-state index in [0.29, 0.717) is 39.3 Å². The van der Waals surface area contributed by atoms with E-state index in [1.807, 2.05) is 31.2 Å². The molecule has 0 aliphatic heterocycles. The van der Waals surface area contributed by atoms with E-state index in [-0.39, 0.29) is 5.91 Å². The quantitative estimate of drug-likeness (QED) is 0.379. The zero-order chi connectivity index (χ0) is 21.5. The van der Waals surface area contributed by atoms with Crippen LogP contribution in [0.15, 0.2) is 65.8 Å². The van der Waals surface area contributed by atoms with Gasteiger partial charge in [0.05, 0.1) is 18.3 Å². The summed E-state index contributed by atoms with van der Waals surface area (Å²) in [6.45, 7) is 2.23. The van der Waals surface area contributed by atoms with E-state index in [1.54, 1.807) is 36.4 Å². The highest BCUT2D eigenvalue weighted by atomic mass is 35.5. The maximum Gasteiger partial charge on any atom is 0.271 e. The number of ether oxygens (including phenoxy) is 2. The van der Waals surface area contributed by atoms with E-state index < -0.39 is 0 Å². The van der Waals surface area contributed by atoms with E-state index in [1.165, 1.54) is 13.3 Å². The summed E-state index contributed by atoms with van der Waals surface area (Å²) in [7, 11) is 1.53. The van der Waals surface area contributed by atoms with Crippen LogP contribution in [0.1, 0.15) is 27.0 Å². The van der Waals surface area contributed by atoms with Crippen LogP contribution in [0.3, 0.4) is 0 Å². The van der Waals surface area contributed by atoms with Gasteiger partial charge in [0.15, 0.2) is 11.5 Å². The molecule has 7 heteroatoms. The van der Waals surface area contributed by atoms with Crippen LogP contribution >= 0.6 is 23.2 Å². The Balaban J connectivity index is 1.69. The minimum Gasteiger partial charge on any atom is -0.493 e. The molecule has 0 radical (unpaired) electrons. The van der Waals surface area contributed by atoms with Gasteiger partial charge in [0.25, 0.3) is 5.91 Å². The van der Waals surface area contributed by atoms with E-state index in [9.17, 15) is 4.79 Å². The molecule has 0 unspecified atom stereocenters. The number of rotatable bonds is 7. The first-order valence-corrected chi connectivity index (χ1v) is 9.86. The highest BCUT2D eigenvalue weighted by molar-refractivity contribution is 6.32. The van der Waals surface area contributed by atoms with Gasteiger partial charge in [-0.1, -0.05) is 53.0 Å². The first-order chi connectivity index (χ1) is 14.5. The molecule has 3 rings (SSSR count). The van der Waals surface area contributed by atoms with Gasteiger partial charge in [-0.25, -0.2) is 5.43 Å². The molecule has 0 aromatic heterocycles. The van der Waals surface area contributed by atoms with Gasteiger partial charge >= 0.3 is 0 Å². The van der Waals surface area contributed by atoms with Gasteiger partial charge in [-0.3, -0.25) is 4.79 Å². The third-order valence-electron chi connectivity index (χ3n) is 4.21. The van der Waals surface area contributed by atoms with Crippen molar-refractivity contribution in [2.75, 3.05) is 7.11 Å². The minimum absolute atomic E-state index is 0.295. The largest absolute Gasteiger partial charge is 0.493 e. The van der Waals surface area contributed by atoms with Crippen molar-refractivity contribution in [1.29, 1.82) is 0 Å². The highest BCUT2D eigenvalue weighted by Crippen LogP contribution is 2.36. The van der Waals surface area contributed by atoms with E-state index >= 15 is 0 Å². The van der Waals surface area contributed by atoms with Crippen molar-refractivity contribution >= 4 is 35.3 Å². The number of hydrogen-bond donors (Lipinski definition) is 1. The average molecular weight is 443 g/mol. The molecule has 0 heterocycles. The molecule has 1 N–H and O–H groups in total. The Bertz CT molecular complexity index is 1070. The molecule has 3 aromatic rings. The lowest BCUT2D eigenvalue weighted by atomic mass is 10.1. The Morgan fingerprint density at radius 3 is 2.57 bits per heavy atom. The molecule has 30 heavy (non-hydrogen) atoms. The number of nitrogens with zero attached hydrogens (tertiary/aromatic N) is 1. The number of hydrogen-bond acceptors (Lipinski definition) is 4. The van der Waals surface area contributed by atoms with Crippen LogP contribution < -0.4 is 14.9 Å². The molecule has 5 nitrogen and oxygen atoms in total. The van der Waals surface area contributed by atoms with E-state index in [0.717, 1.165) is 11.1 Å². The third kappa shape index (κ3) is 5.75. The number of halogens is 2. The van der Waals surface area contributed by atoms with E-state index in [4.69, 9.17) is 32.7 Å². The first kappa shape index (κ1) is 21.7. The molecule has 1 amide bonds. The second-order valence-corrected chi connectivity index (χ2v) is 7.36. The smallest absolute Gasteiger partial charge is 0.271 e. The molecule has 0 atom stereocenters. The van der Waals surface area contributed by atoms with Crippen molar-refractivity contribution in [3.63, 3.8) is 0 Å². The van der Waals surface area contributed by atoms with Gasteiger partial charge < -0.3 is 9.47 Å².